The first-order chi connectivity index (χ1) is 3.30. The first kappa shape index (κ1) is 5.06. The molecule has 1 aliphatic rings. The van der Waals surface area contributed by atoms with Crippen LogP contribution in [-0.2, 0) is 0 Å². The molecule has 2 radical (unpaired) electrons. The van der Waals surface area contributed by atoms with Gasteiger partial charge in [0.05, 0.1) is 12.2 Å². The van der Waals surface area contributed by atoms with Gasteiger partial charge in [-0.15, -0.1) is 0 Å². The molecule has 2 atom stereocenters. The molecule has 1 fully saturated rings. The van der Waals surface area contributed by atoms with Gasteiger partial charge in [0, 0.05) is 0 Å². The van der Waals surface area contributed by atoms with Crippen LogP contribution in [0.4, 0.5) is 0 Å². The van der Waals surface area contributed by atoms with Gasteiger partial charge in [-0.05, 0) is 19.3 Å². The lowest BCUT2D eigenvalue weighted by molar-refractivity contribution is 0.0438. The Kier molecular flexibility index (Phi) is 1.30. The van der Waals surface area contributed by atoms with Gasteiger partial charge in [-0.1, -0.05) is 0 Å². The van der Waals surface area contributed by atoms with Crippen molar-refractivity contribution in [2.45, 2.75) is 25.0 Å². The van der Waals surface area contributed by atoms with E-state index in [2.05, 4.69) is 6.42 Å². The zero-order valence-corrected chi connectivity index (χ0v) is 3.96. The number of rotatable bonds is 0. The van der Waals surface area contributed by atoms with E-state index in [9.17, 15) is 0 Å². The fourth-order valence-corrected chi connectivity index (χ4v) is 0.651. The third-order valence-corrected chi connectivity index (χ3v) is 1.15. The van der Waals surface area contributed by atoms with Gasteiger partial charge in [0.1, 0.15) is 0 Å². The SMILES string of the molecule is O[C@H]1C[C]C[C@@H]1O. The van der Waals surface area contributed by atoms with E-state index in [0.717, 1.165) is 0 Å². The second-order valence-corrected chi connectivity index (χ2v) is 1.79. The lowest BCUT2D eigenvalue weighted by Crippen LogP contribution is -2.17. The Morgan fingerprint density at radius 2 is 1.57 bits per heavy atom. The number of aliphatic hydroxyl groups excluding tert-OH is 2. The minimum Gasteiger partial charge on any atom is -0.390 e. The van der Waals surface area contributed by atoms with Crippen molar-refractivity contribution in [3.63, 3.8) is 0 Å². The summed E-state index contributed by atoms with van der Waals surface area (Å²) in [5, 5.41) is 17.4. The molecule has 2 N–H and O–H groups in total. The number of hydrogen-bond acceptors (Lipinski definition) is 2. The van der Waals surface area contributed by atoms with E-state index >= 15 is 0 Å². The van der Waals surface area contributed by atoms with Crippen molar-refractivity contribution < 1.29 is 10.2 Å². The molecule has 0 aromatic carbocycles. The molecule has 1 saturated carbocycles. The van der Waals surface area contributed by atoms with Gasteiger partial charge in [-0.2, -0.15) is 0 Å². The van der Waals surface area contributed by atoms with Crippen molar-refractivity contribution in [3.05, 3.63) is 6.42 Å². The maximum Gasteiger partial charge on any atom is 0.0805 e. The van der Waals surface area contributed by atoms with Crippen LogP contribution in [0.1, 0.15) is 12.8 Å². The van der Waals surface area contributed by atoms with Crippen molar-refractivity contribution in [2.75, 3.05) is 0 Å². The summed E-state index contributed by atoms with van der Waals surface area (Å²) in [6, 6.07) is 0. The Morgan fingerprint density at radius 1 is 1.14 bits per heavy atom. The average Bonchev–Trinajstić information content (AvgIpc) is 1.91. The molecule has 0 saturated heterocycles. The van der Waals surface area contributed by atoms with E-state index in [1.54, 1.807) is 0 Å². The van der Waals surface area contributed by atoms with E-state index in [0.29, 0.717) is 12.8 Å². The molecule has 0 bridgehead atoms. The van der Waals surface area contributed by atoms with Crippen molar-refractivity contribution in [1.82, 2.24) is 0 Å². The molecule has 0 aromatic rings. The predicted molar refractivity (Wildman–Crippen MR) is 24.5 cm³/mol. The summed E-state index contributed by atoms with van der Waals surface area (Å²) in [5.41, 5.74) is 0. The number of hydrogen-bond donors (Lipinski definition) is 2. The highest BCUT2D eigenvalue weighted by Crippen LogP contribution is 2.16. The zero-order valence-electron chi connectivity index (χ0n) is 3.96. The van der Waals surface area contributed by atoms with E-state index in [-0.39, 0.29) is 0 Å². The maximum atomic E-state index is 8.69. The Morgan fingerprint density at radius 3 is 1.71 bits per heavy atom. The van der Waals surface area contributed by atoms with Gasteiger partial charge in [0.2, 0.25) is 0 Å². The van der Waals surface area contributed by atoms with Crippen LogP contribution in [0.5, 0.6) is 0 Å². The third-order valence-electron chi connectivity index (χ3n) is 1.15. The van der Waals surface area contributed by atoms with Crippen LogP contribution < -0.4 is 0 Å². The molecule has 0 spiro atoms. The first-order valence-corrected chi connectivity index (χ1v) is 2.37. The summed E-state index contributed by atoms with van der Waals surface area (Å²) in [7, 11) is 0. The van der Waals surface area contributed by atoms with E-state index in [4.69, 9.17) is 10.2 Å². The van der Waals surface area contributed by atoms with Gasteiger partial charge in [0.15, 0.2) is 0 Å². The monoisotopic (exact) mass is 100 g/mol. The lowest BCUT2D eigenvalue weighted by Gasteiger charge is -2.03. The van der Waals surface area contributed by atoms with Crippen molar-refractivity contribution in [2.24, 2.45) is 0 Å². The average molecular weight is 100 g/mol. The van der Waals surface area contributed by atoms with Crippen LogP contribution in [-0.4, -0.2) is 22.4 Å². The Hall–Kier alpha value is -0.0800. The maximum absolute atomic E-state index is 8.69. The molecular weight excluding hydrogens is 92.1 g/mol. The predicted octanol–water partition coefficient (Wildman–Crippen LogP) is -0.417. The molecule has 0 aliphatic heterocycles. The highest BCUT2D eigenvalue weighted by atomic mass is 16.3. The summed E-state index contributed by atoms with van der Waals surface area (Å²) in [5.74, 6) is 0. The van der Waals surface area contributed by atoms with Gasteiger partial charge >= 0.3 is 0 Å². The number of aliphatic hydroxyl groups is 2. The Balaban J connectivity index is 2.33. The molecule has 2 nitrogen and oxygen atoms in total. The highest BCUT2D eigenvalue weighted by Gasteiger charge is 2.22. The molecule has 1 rings (SSSR count). The van der Waals surface area contributed by atoms with Crippen molar-refractivity contribution >= 4 is 0 Å². The third kappa shape index (κ3) is 0.924. The minimum absolute atomic E-state index is 0.529. The molecule has 0 aromatic heterocycles. The summed E-state index contributed by atoms with van der Waals surface area (Å²) >= 11 is 0. The summed E-state index contributed by atoms with van der Waals surface area (Å²) < 4.78 is 0. The zero-order chi connectivity index (χ0) is 5.28. The van der Waals surface area contributed by atoms with Crippen molar-refractivity contribution in [1.29, 1.82) is 0 Å². The second kappa shape index (κ2) is 1.80. The van der Waals surface area contributed by atoms with Gasteiger partial charge in [-0.25, -0.2) is 0 Å². The van der Waals surface area contributed by atoms with Crippen LogP contribution in [0.2, 0.25) is 0 Å². The quantitative estimate of drug-likeness (QED) is 0.434. The first-order valence-electron chi connectivity index (χ1n) is 2.37. The van der Waals surface area contributed by atoms with E-state index in [1.165, 1.54) is 0 Å². The Labute approximate surface area is 42.8 Å². The smallest absolute Gasteiger partial charge is 0.0805 e. The van der Waals surface area contributed by atoms with E-state index < -0.39 is 12.2 Å². The fourth-order valence-electron chi connectivity index (χ4n) is 0.651. The van der Waals surface area contributed by atoms with Gasteiger partial charge in [-0.3, -0.25) is 0 Å². The normalized spacial score (nSPS) is 42.0. The minimum atomic E-state index is -0.542. The van der Waals surface area contributed by atoms with E-state index in [1.807, 2.05) is 0 Å². The van der Waals surface area contributed by atoms with Crippen LogP contribution in [0.15, 0.2) is 0 Å². The van der Waals surface area contributed by atoms with Gasteiger partial charge in [0.25, 0.3) is 0 Å². The molecule has 0 heterocycles. The second-order valence-electron chi connectivity index (χ2n) is 1.79. The lowest BCUT2D eigenvalue weighted by atomic mass is 10.3. The molecule has 7 heavy (non-hydrogen) atoms. The van der Waals surface area contributed by atoms with Crippen molar-refractivity contribution in [3.8, 4) is 0 Å². The Bertz CT molecular complexity index is 55.1. The highest BCUT2D eigenvalue weighted by molar-refractivity contribution is 4.87. The molecule has 0 amide bonds. The molecule has 40 valence electrons. The molecule has 2 heteroatoms. The molecular formula is C5H8O2. The summed E-state index contributed by atoms with van der Waals surface area (Å²) in [6.45, 7) is 0. The van der Waals surface area contributed by atoms with Gasteiger partial charge < -0.3 is 10.2 Å². The summed E-state index contributed by atoms with van der Waals surface area (Å²) in [6.07, 6.45) is 2.80. The van der Waals surface area contributed by atoms with Crippen LogP contribution in [0.3, 0.4) is 0 Å². The largest absolute Gasteiger partial charge is 0.390 e. The standard InChI is InChI=1S/C5H8O2/c6-4-2-1-3-5(4)7/h4-7H,2-3H2/t4-,5-/m0/s1. The van der Waals surface area contributed by atoms with Crippen LogP contribution >= 0.6 is 0 Å². The molecule has 1 aliphatic carbocycles. The molecule has 0 unspecified atom stereocenters. The fraction of sp³-hybridized carbons (Fsp3) is 0.800. The van der Waals surface area contributed by atoms with Crippen LogP contribution in [0.25, 0.3) is 0 Å². The topological polar surface area (TPSA) is 40.5 Å². The summed E-state index contributed by atoms with van der Waals surface area (Å²) in [4.78, 5) is 0. The van der Waals surface area contributed by atoms with Crippen LogP contribution in [0, 0.1) is 6.42 Å².